The van der Waals surface area contributed by atoms with Gasteiger partial charge in [0.15, 0.2) is 5.96 Å². The van der Waals surface area contributed by atoms with Gasteiger partial charge in [-0.05, 0) is 24.6 Å². The lowest BCUT2D eigenvalue weighted by Crippen LogP contribution is -2.49. The number of rotatable bonds is 11. The first kappa shape index (κ1) is 25.1. The number of ether oxygens (including phenoxy) is 1. The summed E-state index contributed by atoms with van der Waals surface area (Å²) in [5.74, 6) is -0.591. The van der Waals surface area contributed by atoms with Gasteiger partial charge in [-0.1, -0.05) is 30.3 Å². The maximum Gasteiger partial charge on any atom is 0.326 e. The van der Waals surface area contributed by atoms with Gasteiger partial charge in [0.25, 0.3) is 5.91 Å². The van der Waals surface area contributed by atoms with Crippen LogP contribution in [0.4, 0.5) is 0 Å². The van der Waals surface area contributed by atoms with Crippen LogP contribution in [0.3, 0.4) is 0 Å². The number of H-pyrrole nitrogens is 1. The molecule has 0 aliphatic carbocycles. The Hall–Kier alpha value is -3.97. The van der Waals surface area contributed by atoms with Crippen LogP contribution in [0.2, 0.25) is 0 Å². The number of aliphatic imine (C=N–C) groups is 1. The quantitative estimate of drug-likeness (QED) is 0.178. The van der Waals surface area contributed by atoms with E-state index in [0.717, 1.165) is 11.9 Å². The lowest BCUT2D eigenvalue weighted by Gasteiger charge is -2.19. The summed E-state index contributed by atoms with van der Waals surface area (Å²) >= 11 is 0. The molecule has 190 valence electrons. The summed E-state index contributed by atoms with van der Waals surface area (Å²) in [5.41, 5.74) is 0.852. The molecule has 3 aromatic rings. The molecule has 0 fully saturated rings. The van der Waals surface area contributed by atoms with Gasteiger partial charge in [0.05, 0.1) is 35.3 Å². The van der Waals surface area contributed by atoms with E-state index in [4.69, 9.17) is 4.74 Å². The lowest BCUT2D eigenvalue weighted by molar-refractivity contribution is -0.145. The first-order valence-electron chi connectivity index (χ1n) is 11.4. The average molecular weight is 514 g/mol. The Morgan fingerprint density at radius 2 is 1.94 bits per heavy atom. The third kappa shape index (κ3) is 6.37. The van der Waals surface area contributed by atoms with E-state index in [0.29, 0.717) is 36.6 Å². The number of hydrogen-bond acceptors (Lipinski definition) is 9. The van der Waals surface area contributed by atoms with E-state index in [-0.39, 0.29) is 18.0 Å². The Morgan fingerprint density at radius 3 is 2.72 bits per heavy atom. The second-order valence-corrected chi connectivity index (χ2v) is 9.66. The Bertz CT molecular complexity index is 1340. The zero-order valence-corrected chi connectivity index (χ0v) is 20.2. The number of nitrogens with zero attached hydrogens (tertiary/aromatic N) is 2. The van der Waals surface area contributed by atoms with Crippen LogP contribution in [0.15, 0.2) is 64.6 Å². The molecule has 2 aromatic carbocycles. The van der Waals surface area contributed by atoms with E-state index >= 15 is 0 Å². The SMILES string of the molecule is O=C(NCC(NS(=O)(=O)c1ccccc1)C(=O)OCCCNC1=NCCN1)c1cccc2cn[nH]c12. The highest BCUT2D eigenvalue weighted by Crippen LogP contribution is 2.15. The van der Waals surface area contributed by atoms with Crippen LogP contribution in [0.1, 0.15) is 16.8 Å². The summed E-state index contributed by atoms with van der Waals surface area (Å²) < 4.78 is 33.4. The molecule has 0 bridgehead atoms. The first-order chi connectivity index (χ1) is 17.4. The molecule has 1 aliphatic heterocycles. The van der Waals surface area contributed by atoms with Gasteiger partial charge in [-0.2, -0.15) is 9.82 Å². The molecule has 0 spiro atoms. The number of para-hydroxylation sites is 1. The summed E-state index contributed by atoms with van der Waals surface area (Å²) in [5, 5.41) is 16.2. The van der Waals surface area contributed by atoms with Crippen molar-refractivity contribution >= 4 is 38.8 Å². The van der Waals surface area contributed by atoms with Crippen molar-refractivity contribution in [2.45, 2.75) is 17.4 Å². The standard InChI is InChI=1S/C23H27N7O5S/c31-21(18-9-4-6-16-14-28-29-20(16)18)27-15-19(30-36(33,34)17-7-2-1-3-8-17)22(32)35-13-5-10-24-23-25-11-12-26-23/h1-4,6-9,14,19,30H,5,10-13,15H2,(H,27,31)(H,28,29)(H2,24,25,26). The summed E-state index contributed by atoms with van der Waals surface area (Å²) in [4.78, 5) is 29.9. The average Bonchev–Trinajstić information content (AvgIpc) is 3.58. The minimum atomic E-state index is -4.04. The van der Waals surface area contributed by atoms with Crippen molar-refractivity contribution in [2.75, 3.05) is 32.8 Å². The summed E-state index contributed by atoms with van der Waals surface area (Å²) in [6.07, 6.45) is 2.07. The van der Waals surface area contributed by atoms with Gasteiger partial charge in [-0.3, -0.25) is 19.7 Å². The first-order valence-corrected chi connectivity index (χ1v) is 12.9. The molecular formula is C23H27N7O5S. The Balaban J connectivity index is 1.39. The molecular weight excluding hydrogens is 486 g/mol. The zero-order valence-electron chi connectivity index (χ0n) is 19.4. The van der Waals surface area contributed by atoms with E-state index in [1.54, 1.807) is 42.6 Å². The molecule has 36 heavy (non-hydrogen) atoms. The van der Waals surface area contributed by atoms with Crippen molar-refractivity contribution in [2.24, 2.45) is 4.99 Å². The van der Waals surface area contributed by atoms with Crippen molar-refractivity contribution in [1.82, 2.24) is 30.9 Å². The Labute approximate surface area is 208 Å². The van der Waals surface area contributed by atoms with Crippen LogP contribution in [0, 0.1) is 0 Å². The summed E-state index contributed by atoms with van der Waals surface area (Å²) in [7, 11) is -4.04. The number of sulfonamides is 1. The fourth-order valence-corrected chi connectivity index (χ4v) is 4.75. The molecule has 13 heteroatoms. The van der Waals surface area contributed by atoms with Gasteiger partial charge in [0.2, 0.25) is 10.0 Å². The number of fused-ring (bicyclic) bond motifs is 1. The van der Waals surface area contributed by atoms with Crippen molar-refractivity contribution in [3.05, 3.63) is 60.3 Å². The predicted octanol–water partition coefficient (Wildman–Crippen LogP) is 0.122. The van der Waals surface area contributed by atoms with Crippen LogP contribution in [-0.2, 0) is 19.6 Å². The third-order valence-electron chi connectivity index (χ3n) is 5.36. The third-order valence-corrected chi connectivity index (χ3v) is 6.84. The number of esters is 1. The van der Waals surface area contributed by atoms with E-state index in [2.05, 4.69) is 35.9 Å². The molecule has 4 rings (SSSR count). The highest BCUT2D eigenvalue weighted by Gasteiger charge is 2.28. The Kier molecular flexibility index (Phi) is 8.13. The molecule has 1 amide bonds. The monoisotopic (exact) mass is 513 g/mol. The number of guanidine groups is 1. The van der Waals surface area contributed by atoms with Crippen molar-refractivity contribution < 1.29 is 22.7 Å². The van der Waals surface area contributed by atoms with Crippen LogP contribution in [-0.4, -0.2) is 75.3 Å². The number of benzene rings is 2. The number of aromatic amines is 1. The molecule has 2 heterocycles. The van der Waals surface area contributed by atoms with Gasteiger partial charge >= 0.3 is 5.97 Å². The Morgan fingerprint density at radius 1 is 1.11 bits per heavy atom. The molecule has 1 unspecified atom stereocenters. The molecule has 1 aliphatic rings. The van der Waals surface area contributed by atoms with Gasteiger partial charge in [-0.25, -0.2) is 8.42 Å². The van der Waals surface area contributed by atoms with Crippen molar-refractivity contribution in [1.29, 1.82) is 0 Å². The van der Waals surface area contributed by atoms with Crippen LogP contribution in [0.5, 0.6) is 0 Å². The lowest BCUT2D eigenvalue weighted by atomic mass is 10.1. The largest absolute Gasteiger partial charge is 0.464 e. The number of amides is 1. The number of carbonyl (C=O) groups excluding carboxylic acids is 2. The van der Waals surface area contributed by atoms with Gasteiger partial charge in [-0.15, -0.1) is 0 Å². The van der Waals surface area contributed by atoms with Crippen LogP contribution >= 0.6 is 0 Å². The molecule has 0 saturated carbocycles. The second-order valence-electron chi connectivity index (χ2n) is 7.94. The van der Waals surface area contributed by atoms with Gasteiger partial charge < -0.3 is 20.7 Å². The topological polar surface area (TPSA) is 167 Å². The minimum Gasteiger partial charge on any atom is -0.464 e. The minimum absolute atomic E-state index is 0.00890. The fourth-order valence-electron chi connectivity index (χ4n) is 3.54. The highest BCUT2D eigenvalue weighted by atomic mass is 32.2. The smallest absolute Gasteiger partial charge is 0.326 e. The normalized spacial score (nSPS) is 14.1. The van der Waals surface area contributed by atoms with Gasteiger partial charge in [0, 0.05) is 25.0 Å². The molecule has 12 nitrogen and oxygen atoms in total. The predicted molar refractivity (Wildman–Crippen MR) is 133 cm³/mol. The molecule has 1 aromatic heterocycles. The molecule has 5 N–H and O–H groups in total. The van der Waals surface area contributed by atoms with E-state index in [1.807, 2.05) is 0 Å². The zero-order chi connectivity index (χ0) is 25.4. The number of aromatic nitrogens is 2. The number of carbonyl (C=O) groups is 2. The second kappa shape index (κ2) is 11.6. The van der Waals surface area contributed by atoms with Crippen molar-refractivity contribution in [3.63, 3.8) is 0 Å². The summed E-state index contributed by atoms with van der Waals surface area (Å²) in [6.45, 7) is 1.75. The summed E-state index contributed by atoms with van der Waals surface area (Å²) in [6, 6.07) is 11.4. The molecule has 0 saturated heterocycles. The van der Waals surface area contributed by atoms with E-state index < -0.39 is 27.9 Å². The van der Waals surface area contributed by atoms with E-state index in [1.165, 1.54) is 12.1 Å². The van der Waals surface area contributed by atoms with Crippen molar-refractivity contribution in [3.8, 4) is 0 Å². The van der Waals surface area contributed by atoms with Gasteiger partial charge in [0.1, 0.15) is 6.04 Å². The maximum atomic E-state index is 12.9. The van der Waals surface area contributed by atoms with E-state index in [9.17, 15) is 18.0 Å². The maximum absolute atomic E-state index is 12.9. The molecule has 0 radical (unpaired) electrons. The fraction of sp³-hybridized carbons (Fsp3) is 0.304. The highest BCUT2D eigenvalue weighted by molar-refractivity contribution is 7.89. The number of hydrogen-bond donors (Lipinski definition) is 5. The number of nitrogens with one attached hydrogen (secondary N) is 5. The van der Waals surface area contributed by atoms with Crippen LogP contribution in [0.25, 0.3) is 10.9 Å². The van der Waals surface area contributed by atoms with Crippen LogP contribution < -0.4 is 20.7 Å². The molecule has 1 atom stereocenters.